The van der Waals surface area contributed by atoms with Crippen LogP contribution in [0.25, 0.3) is 0 Å². The average Bonchev–Trinajstić information content (AvgIpc) is 2.59. The van der Waals surface area contributed by atoms with E-state index < -0.39 is 0 Å². The van der Waals surface area contributed by atoms with Crippen LogP contribution in [0.2, 0.25) is 0 Å². The van der Waals surface area contributed by atoms with Gasteiger partial charge in [-0.2, -0.15) is 0 Å². The van der Waals surface area contributed by atoms with Crippen LogP contribution in [0.1, 0.15) is 45.1 Å². The first kappa shape index (κ1) is 18.7. The van der Waals surface area contributed by atoms with E-state index in [1.165, 1.54) is 0 Å². The van der Waals surface area contributed by atoms with Gasteiger partial charge in [-0.05, 0) is 45.1 Å². The van der Waals surface area contributed by atoms with E-state index in [1.54, 1.807) is 0 Å². The monoisotopic (exact) mass is 333 g/mol. The molecule has 0 unspecified atom stereocenters. The highest BCUT2D eigenvalue weighted by Gasteiger charge is 2.27. The topological polar surface area (TPSA) is 67.6 Å². The molecular formula is C19H31N3O2. The normalized spacial score (nSPS) is 21.0. The molecule has 24 heavy (non-hydrogen) atoms. The lowest BCUT2D eigenvalue weighted by molar-refractivity contribution is 0.105. The number of benzene rings is 1. The molecule has 0 atom stereocenters. The van der Waals surface area contributed by atoms with Crippen LogP contribution < -0.4 is 11.1 Å². The molecule has 1 saturated carbocycles. The molecule has 1 aliphatic carbocycles. The molecule has 0 heterocycles. The van der Waals surface area contributed by atoms with Gasteiger partial charge in [0.25, 0.3) is 0 Å². The van der Waals surface area contributed by atoms with E-state index in [1.807, 2.05) is 30.3 Å². The highest BCUT2D eigenvalue weighted by Crippen LogP contribution is 2.24. The smallest absolute Gasteiger partial charge is 0.407 e. The molecule has 1 fully saturated rings. The second kappa shape index (κ2) is 9.64. The lowest BCUT2D eigenvalue weighted by Crippen LogP contribution is -2.47. The third kappa shape index (κ3) is 5.80. The summed E-state index contributed by atoms with van der Waals surface area (Å²) in [7, 11) is 0. The second-order valence-corrected chi connectivity index (χ2v) is 6.83. The lowest BCUT2D eigenvalue weighted by Gasteiger charge is -2.39. The van der Waals surface area contributed by atoms with Gasteiger partial charge in [0.15, 0.2) is 0 Å². The molecule has 3 N–H and O–H groups in total. The Kier molecular flexibility index (Phi) is 7.53. The summed E-state index contributed by atoms with van der Waals surface area (Å²) in [6.07, 6.45) is 3.88. The number of nitrogens with zero attached hydrogens (tertiary/aromatic N) is 1. The Morgan fingerprint density at radius 2 is 1.92 bits per heavy atom. The zero-order valence-electron chi connectivity index (χ0n) is 14.9. The van der Waals surface area contributed by atoms with Gasteiger partial charge in [-0.1, -0.05) is 30.3 Å². The Morgan fingerprint density at radius 1 is 1.25 bits per heavy atom. The van der Waals surface area contributed by atoms with E-state index in [0.29, 0.717) is 25.2 Å². The van der Waals surface area contributed by atoms with Crippen molar-refractivity contribution in [2.24, 2.45) is 5.73 Å². The molecule has 1 amide bonds. The molecule has 1 aromatic rings. The Labute approximate surface area is 145 Å². The molecule has 134 valence electrons. The fraction of sp³-hybridized carbons (Fsp3) is 0.632. The molecule has 2 rings (SSSR count). The Balaban J connectivity index is 1.71. The van der Waals surface area contributed by atoms with E-state index in [4.69, 9.17) is 10.5 Å². The summed E-state index contributed by atoms with van der Waals surface area (Å²) in [6, 6.07) is 11.1. The summed E-state index contributed by atoms with van der Waals surface area (Å²) in [4.78, 5) is 14.4. The number of nitrogens with one attached hydrogen (secondary N) is 1. The third-order valence-corrected chi connectivity index (χ3v) is 4.75. The first-order chi connectivity index (χ1) is 11.6. The highest BCUT2D eigenvalue weighted by atomic mass is 16.5. The number of amides is 1. The van der Waals surface area contributed by atoms with E-state index in [-0.39, 0.29) is 12.1 Å². The number of carbonyl (C=O) groups is 1. The SMILES string of the molecule is CC(C)N(CCN)C1CCC(NC(=O)OCc2ccccc2)CC1. The van der Waals surface area contributed by atoms with Crippen molar-refractivity contribution >= 4 is 6.09 Å². The molecule has 0 spiro atoms. The lowest BCUT2D eigenvalue weighted by atomic mass is 9.89. The Hall–Kier alpha value is -1.59. The van der Waals surface area contributed by atoms with Crippen molar-refractivity contribution in [2.75, 3.05) is 13.1 Å². The molecule has 1 aromatic carbocycles. The number of rotatable bonds is 7. The molecule has 0 aliphatic heterocycles. The second-order valence-electron chi connectivity index (χ2n) is 6.83. The summed E-state index contributed by atoms with van der Waals surface area (Å²) in [5.74, 6) is 0. The predicted molar refractivity (Wildman–Crippen MR) is 96.7 cm³/mol. The molecule has 5 nitrogen and oxygen atoms in total. The van der Waals surface area contributed by atoms with Gasteiger partial charge >= 0.3 is 6.09 Å². The van der Waals surface area contributed by atoms with Crippen LogP contribution in [0.3, 0.4) is 0 Å². The molecule has 0 radical (unpaired) electrons. The standard InChI is InChI=1S/C19H31N3O2/c1-15(2)22(13-12-20)18-10-8-17(9-11-18)21-19(23)24-14-16-6-4-3-5-7-16/h3-7,15,17-18H,8-14,20H2,1-2H3,(H,21,23). The Morgan fingerprint density at radius 3 is 2.50 bits per heavy atom. The minimum Gasteiger partial charge on any atom is -0.445 e. The summed E-state index contributed by atoms with van der Waals surface area (Å²) in [5, 5.41) is 3.01. The molecule has 0 aromatic heterocycles. The maximum atomic E-state index is 12.0. The van der Waals surface area contributed by atoms with Crippen molar-refractivity contribution in [2.45, 2.75) is 64.3 Å². The van der Waals surface area contributed by atoms with Gasteiger partial charge in [0.05, 0.1) is 0 Å². The van der Waals surface area contributed by atoms with Gasteiger partial charge in [-0.3, -0.25) is 4.90 Å². The van der Waals surface area contributed by atoms with Crippen molar-refractivity contribution < 1.29 is 9.53 Å². The summed E-state index contributed by atoms with van der Waals surface area (Å²) in [5.41, 5.74) is 6.74. The average molecular weight is 333 g/mol. The van der Waals surface area contributed by atoms with Crippen molar-refractivity contribution in [3.63, 3.8) is 0 Å². The van der Waals surface area contributed by atoms with Crippen molar-refractivity contribution in [3.8, 4) is 0 Å². The van der Waals surface area contributed by atoms with Crippen molar-refractivity contribution in [1.29, 1.82) is 0 Å². The van der Waals surface area contributed by atoms with Crippen LogP contribution in [0, 0.1) is 0 Å². The van der Waals surface area contributed by atoms with E-state index in [9.17, 15) is 4.79 Å². The zero-order chi connectivity index (χ0) is 17.4. The fourth-order valence-corrected chi connectivity index (χ4v) is 3.49. The predicted octanol–water partition coefficient (Wildman–Crippen LogP) is 2.89. The van der Waals surface area contributed by atoms with Crippen LogP contribution in [0.5, 0.6) is 0 Å². The van der Waals surface area contributed by atoms with Crippen LogP contribution in [-0.2, 0) is 11.3 Å². The van der Waals surface area contributed by atoms with Crippen LogP contribution in [0.4, 0.5) is 4.79 Å². The number of alkyl carbamates (subject to hydrolysis) is 1. The maximum absolute atomic E-state index is 12.0. The first-order valence-corrected chi connectivity index (χ1v) is 9.03. The van der Waals surface area contributed by atoms with E-state index in [2.05, 4.69) is 24.1 Å². The van der Waals surface area contributed by atoms with Crippen molar-refractivity contribution in [3.05, 3.63) is 35.9 Å². The molecule has 5 heteroatoms. The summed E-state index contributed by atoms with van der Waals surface area (Å²) in [6.45, 7) is 6.41. The number of hydrogen-bond acceptors (Lipinski definition) is 4. The van der Waals surface area contributed by atoms with Gasteiger partial charge in [0.1, 0.15) is 6.61 Å². The zero-order valence-corrected chi connectivity index (χ0v) is 14.9. The minimum atomic E-state index is -0.315. The quantitative estimate of drug-likeness (QED) is 0.805. The molecule has 0 bridgehead atoms. The van der Waals surface area contributed by atoms with Gasteiger partial charge < -0.3 is 15.8 Å². The van der Waals surface area contributed by atoms with E-state index in [0.717, 1.165) is 37.8 Å². The number of hydrogen-bond donors (Lipinski definition) is 2. The largest absolute Gasteiger partial charge is 0.445 e. The molecule has 1 aliphatic rings. The van der Waals surface area contributed by atoms with Crippen LogP contribution >= 0.6 is 0 Å². The summed E-state index contributed by atoms with van der Waals surface area (Å²) >= 11 is 0. The van der Waals surface area contributed by atoms with Crippen molar-refractivity contribution in [1.82, 2.24) is 10.2 Å². The number of ether oxygens (including phenoxy) is 1. The van der Waals surface area contributed by atoms with Gasteiger partial charge in [-0.25, -0.2) is 4.79 Å². The molecular weight excluding hydrogens is 302 g/mol. The fourth-order valence-electron chi connectivity index (χ4n) is 3.49. The van der Waals surface area contributed by atoms with Crippen LogP contribution in [-0.4, -0.2) is 42.2 Å². The number of carbonyl (C=O) groups excluding carboxylic acids is 1. The van der Waals surface area contributed by atoms with E-state index >= 15 is 0 Å². The van der Waals surface area contributed by atoms with Gasteiger partial charge in [0, 0.05) is 31.2 Å². The van der Waals surface area contributed by atoms with Gasteiger partial charge in [0.2, 0.25) is 0 Å². The summed E-state index contributed by atoms with van der Waals surface area (Å²) < 4.78 is 5.30. The van der Waals surface area contributed by atoms with Crippen LogP contribution in [0.15, 0.2) is 30.3 Å². The first-order valence-electron chi connectivity index (χ1n) is 9.03. The number of nitrogens with two attached hydrogens (primary N) is 1. The van der Waals surface area contributed by atoms with Gasteiger partial charge in [-0.15, -0.1) is 0 Å². The third-order valence-electron chi connectivity index (χ3n) is 4.75. The minimum absolute atomic E-state index is 0.219. The Bertz CT molecular complexity index is 485. The molecule has 0 saturated heterocycles. The maximum Gasteiger partial charge on any atom is 0.407 e. The highest BCUT2D eigenvalue weighted by molar-refractivity contribution is 5.67.